The topological polar surface area (TPSA) is 54.2 Å². The van der Waals surface area contributed by atoms with Gasteiger partial charge >= 0.3 is 6.18 Å². The summed E-state index contributed by atoms with van der Waals surface area (Å²) in [6, 6.07) is 2.02. The standard InChI is InChI=1S/C14H21F3N4/c1-3-13(4-2)5-6-21(9-13)12-8-10(14(15,16)17)7-11(19-12)20-18/h7-8H,3-6,9,18H2,1-2H3,(H,19,20). The van der Waals surface area contributed by atoms with E-state index in [1.165, 1.54) is 0 Å². The van der Waals surface area contributed by atoms with E-state index >= 15 is 0 Å². The van der Waals surface area contributed by atoms with Crippen LogP contribution in [0.2, 0.25) is 0 Å². The number of hydrogen-bond donors (Lipinski definition) is 2. The van der Waals surface area contributed by atoms with Gasteiger partial charge in [0.1, 0.15) is 11.6 Å². The Balaban J connectivity index is 2.32. The van der Waals surface area contributed by atoms with Crippen LogP contribution in [-0.2, 0) is 6.18 Å². The molecule has 0 saturated carbocycles. The van der Waals surface area contributed by atoms with Gasteiger partial charge in [-0.1, -0.05) is 13.8 Å². The van der Waals surface area contributed by atoms with E-state index in [0.717, 1.165) is 44.5 Å². The fourth-order valence-electron chi connectivity index (χ4n) is 2.87. The molecule has 0 bridgehead atoms. The molecule has 0 aromatic carbocycles. The zero-order chi connectivity index (χ0) is 15.7. The average Bonchev–Trinajstić information content (AvgIpc) is 2.91. The van der Waals surface area contributed by atoms with Gasteiger partial charge < -0.3 is 10.3 Å². The molecule has 118 valence electrons. The van der Waals surface area contributed by atoms with Crippen molar-refractivity contribution in [3.8, 4) is 0 Å². The normalized spacial score (nSPS) is 18.1. The number of hydrazine groups is 1. The first-order valence-electron chi connectivity index (χ1n) is 7.14. The Morgan fingerprint density at radius 3 is 2.48 bits per heavy atom. The van der Waals surface area contributed by atoms with Crippen molar-refractivity contribution in [1.29, 1.82) is 0 Å². The van der Waals surface area contributed by atoms with Crippen molar-refractivity contribution in [3.63, 3.8) is 0 Å². The smallest absolute Gasteiger partial charge is 0.356 e. The van der Waals surface area contributed by atoms with Crippen LogP contribution < -0.4 is 16.2 Å². The largest absolute Gasteiger partial charge is 0.416 e. The third-order valence-corrected chi connectivity index (χ3v) is 4.55. The molecule has 0 amide bonds. The van der Waals surface area contributed by atoms with Crippen molar-refractivity contribution in [2.75, 3.05) is 23.4 Å². The highest BCUT2D eigenvalue weighted by Crippen LogP contribution is 2.40. The number of hydrogen-bond acceptors (Lipinski definition) is 4. The molecule has 0 unspecified atom stereocenters. The summed E-state index contributed by atoms with van der Waals surface area (Å²) < 4.78 is 38.8. The quantitative estimate of drug-likeness (QED) is 0.661. The lowest BCUT2D eigenvalue weighted by molar-refractivity contribution is -0.137. The maximum absolute atomic E-state index is 12.9. The van der Waals surface area contributed by atoms with Gasteiger partial charge in [0, 0.05) is 13.1 Å². The molecule has 1 aliphatic rings. The van der Waals surface area contributed by atoms with E-state index < -0.39 is 11.7 Å². The number of aromatic nitrogens is 1. The highest BCUT2D eigenvalue weighted by Gasteiger charge is 2.37. The molecule has 21 heavy (non-hydrogen) atoms. The van der Waals surface area contributed by atoms with Gasteiger partial charge in [-0.25, -0.2) is 10.8 Å². The van der Waals surface area contributed by atoms with Crippen molar-refractivity contribution >= 4 is 11.6 Å². The number of nitrogens with zero attached hydrogens (tertiary/aromatic N) is 2. The van der Waals surface area contributed by atoms with Gasteiger partial charge in [-0.3, -0.25) is 0 Å². The summed E-state index contributed by atoms with van der Waals surface area (Å²) in [6.07, 6.45) is -1.40. The van der Waals surface area contributed by atoms with Crippen LogP contribution in [0.4, 0.5) is 24.8 Å². The van der Waals surface area contributed by atoms with Crippen LogP contribution in [0.5, 0.6) is 0 Å². The Labute approximate surface area is 122 Å². The molecule has 1 aliphatic heterocycles. The number of nitrogen functional groups attached to an aromatic ring is 1. The Morgan fingerprint density at radius 2 is 2.00 bits per heavy atom. The minimum Gasteiger partial charge on any atom is -0.356 e. The molecule has 0 spiro atoms. The Kier molecular flexibility index (Phi) is 4.32. The van der Waals surface area contributed by atoms with Crippen LogP contribution >= 0.6 is 0 Å². The predicted molar refractivity (Wildman–Crippen MR) is 76.9 cm³/mol. The van der Waals surface area contributed by atoms with Crippen LogP contribution in [0.15, 0.2) is 12.1 Å². The van der Waals surface area contributed by atoms with E-state index in [4.69, 9.17) is 5.84 Å². The van der Waals surface area contributed by atoms with Gasteiger partial charge in [0.05, 0.1) is 5.56 Å². The number of halogens is 3. The van der Waals surface area contributed by atoms with Crippen LogP contribution in [-0.4, -0.2) is 18.1 Å². The Bertz CT molecular complexity index is 497. The van der Waals surface area contributed by atoms with Crippen molar-refractivity contribution in [3.05, 3.63) is 17.7 Å². The lowest BCUT2D eigenvalue weighted by atomic mass is 9.82. The molecule has 0 radical (unpaired) electrons. The van der Waals surface area contributed by atoms with E-state index in [2.05, 4.69) is 24.3 Å². The van der Waals surface area contributed by atoms with E-state index in [-0.39, 0.29) is 11.2 Å². The molecule has 0 aliphatic carbocycles. The average molecular weight is 302 g/mol. The minimum absolute atomic E-state index is 0.0327. The van der Waals surface area contributed by atoms with Crippen LogP contribution in [0.3, 0.4) is 0 Å². The summed E-state index contributed by atoms with van der Waals surface area (Å²) >= 11 is 0. The molecule has 1 saturated heterocycles. The van der Waals surface area contributed by atoms with E-state index in [9.17, 15) is 13.2 Å². The number of nitrogens with one attached hydrogen (secondary N) is 1. The number of anilines is 2. The van der Waals surface area contributed by atoms with Gasteiger partial charge in [-0.15, -0.1) is 0 Å². The summed E-state index contributed by atoms with van der Waals surface area (Å²) in [6.45, 7) is 5.71. The van der Waals surface area contributed by atoms with Gasteiger partial charge in [0.2, 0.25) is 0 Å². The summed E-state index contributed by atoms with van der Waals surface area (Å²) in [5.74, 6) is 5.60. The SMILES string of the molecule is CCC1(CC)CCN(c2cc(C(F)(F)F)cc(NN)n2)C1. The second kappa shape index (κ2) is 5.71. The van der Waals surface area contributed by atoms with Crippen LogP contribution in [0.25, 0.3) is 0 Å². The molecule has 1 aromatic rings. The maximum Gasteiger partial charge on any atom is 0.416 e. The lowest BCUT2D eigenvalue weighted by Gasteiger charge is -2.27. The van der Waals surface area contributed by atoms with Crippen molar-refractivity contribution in [2.45, 2.75) is 39.3 Å². The second-order valence-corrected chi connectivity index (χ2v) is 5.62. The fourth-order valence-corrected chi connectivity index (χ4v) is 2.87. The molecule has 7 heteroatoms. The summed E-state index contributed by atoms with van der Waals surface area (Å²) in [4.78, 5) is 6.09. The first-order chi connectivity index (χ1) is 9.83. The molecule has 0 atom stereocenters. The third kappa shape index (κ3) is 3.23. The molecule has 3 N–H and O–H groups in total. The van der Waals surface area contributed by atoms with Gasteiger partial charge in [0.15, 0.2) is 0 Å². The van der Waals surface area contributed by atoms with Gasteiger partial charge in [-0.2, -0.15) is 13.2 Å². The van der Waals surface area contributed by atoms with Gasteiger partial charge in [-0.05, 0) is 36.8 Å². The third-order valence-electron chi connectivity index (χ3n) is 4.55. The van der Waals surface area contributed by atoms with E-state index in [0.29, 0.717) is 5.82 Å². The summed E-state index contributed by atoms with van der Waals surface area (Å²) in [5.41, 5.74) is 1.66. The van der Waals surface area contributed by atoms with E-state index in [1.807, 2.05) is 4.90 Å². The maximum atomic E-state index is 12.9. The second-order valence-electron chi connectivity index (χ2n) is 5.62. The fraction of sp³-hybridized carbons (Fsp3) is 0.643. The first-order valence-corrected chi connectivity index (χ1v) is 7.14. The highest BCUT2D eigenvalue weighted by atomic mass is 19.4. The molecular weight excluding hydrogens is 281 g/mol. The van der Waals surface area contributed by atoms with Crippen molar-refractivity contribution in [1.82, 2.24) is 4.98 Å². The first kappa shape index (κ1) is 15.9. The van der Waals surface area contributed by atoms with Gasteiger partial charge in [0.25, 0.3) is 0 Å². The summed E-state index contributed by atoms with van der Waals surface area (Å²) in [5, 5.41) is 0. The number of alkyl halides is 3. The predicted octanol–water partition coefficient (Wildman–Crippen LogP) is 3.40. The van der Waals surface area contributed by atoms with Crippen LogP contribution in [0.1, 0.15) is 38.7 Å². The zero-order valence-electron chi connectivity index (χ0n) is 12.3. The Morgan fingerprint density at radius 1 is 1.33 bits per heavy atom. The molecule has 2 rings (SSSR count). The molecule has 4 nitrogen and oxygen atoms in total. The Hall–Kier alpha value is -1.50. The highest BCUT2D eigenvalue weighted by molar-refractivity contribution is 5.51. The molecule has 1 fully saturated rings. The zero-order valence-corrected chi connectivity index (χ0v) is 12.3. The summed E-state index contributed by atoms with van der Waals surface area (Å²) in [7, 11) is 0. The molecule has 2 heterocycles. The van der Waals surface area contributed by atoms with Crippen molar-refractivity contribution < 1.29 is 13.2 Å². The number of rotatable bonds is 4. The van der Waals surface area contributed by atoms with Crippen LogP contribution in [0, 0.1) is 5.41 Å². The monoisotopic (exact) mass is 302 g/mol. The number of pyridine rings is 1. The molecule has 1 aromatic heterocycles. The van der Waals surface area contributed by atoms with Crippen molar-refractivity contribution in [2.24, 2.45) is 11.3 Å². The lowest BCUT2D eigenvalue weighted by Crippen LogP contribution is -2.27. The molecular formula is C14H21F3N4. The number of nitrogens with two attached hydrogens (primary N) is 1. The van der Waals surface area contributed by atoms with E-state index in [1.54, 1.807) is 0 Å². The minimum atomic E-state index is -4.41.